The highest BCUT2D eigenvalue weighted by atomic mass is 16.5. The minimum Gasteiger partial charge on any atom is -0.493 e. The van der Waals surface area contributed by atoms with E-state index in [0.717, 1.165) is 33.5 Å². The third kappa shape index (κ3) is 4.23. The minimum atomic E-state index is -1.03. The Balaban J connectivity index is 2.10. The van der Waals surface area contributed by atoms with Gasteiger partial charge in [-0.1, -0.05) is 17.7 Å². The van der Waals surface area contributed by atoms with Gasteiger partial charge in [0.15, 0.2) is 11.5 Å². The molecule has 35 heavy (non-hydrogen) atoms. The van der Waals surface area contributed by atoms with Gasteiger partial charge in [-0.25, -0.2) is 9.79 Å². The molecule has 4 rings (SSSR count). The molecule has 0 spiro atoms. The predicted octanol–water partition coefficient (Wildman–Crippen LogP) is 2.03. The van der Waals surface area contributed by atoms with Gasteiger partial charge < -0.3 is 20.9 Å². The number of carbonyl (C=O) groups is 1. The standard InChI is InChI=1S/C26H31N5O4/c1-14-8-15(2)24(16(3)9-14)29-23-12-19-18-11-22(35-5)21(34-4)10-17(18)6-7-30(19)26(33)31(23)20(13-27)25(28)32/h8-12,20H,6-7,13,27H2,1-5H3,(H2,28,32)/b29-23-. The third-order valence-electron chi connectivity index (χ3n) is 6.46. The maximum absolute atomic E-state index is 13.8. The van der Waals surface area contributed by atoms with Crippen molar-refractivity contribution in [3.63, 3.8) is 0 Å². The molecule has 1 amide bonds. The Bertz CT molecular complexity index is 1430. The molecule has 184 valence electrons. The van der Waals surface area contributed by atoms with Crippen LogP contribution in [0.25, 0.3) is 11.3 Å². The lowest BCUT2D eigenvalue weighted by Gasteiger charge is -2.26. The van der Waals surface area contributed by atoms with Crippen LogP contribution < -0.4 is 32.1 Å². The van der Waals surface area contributed by atoms with E-state index < -0.39 is 17.6 Å². The summed E-state index contributed by atoms with van der Waals surface area (Å²) in [6, 6.07) is 8.64. The van der Waals surface area contributed by atoms with E-state index in [-0.39, 0.29) is 6.54 Å². The van der Waals surface area contributed by atoms with E-state index in [9.17, 15) is 9.59 Å². The normalized spacial score (nSPS) is 13.7. The molecule has 1 aliphatic heterocycles. The molecule has 1 atom stereocenters. The number of aryl methyl sites for hydroxylation is 4. The van der Waals surface area contributed by atoms with Gasteiger partial charge in [-0.2, -0.15) is 0 Å². The van der Waals surface area contributed by atoms with Gasteiger partial charge in [0.05, 0.1) is 25.6 Å². The number of hydrogen-bond donors (Lipinski definition) is 2. The smallest absolute Gasteiger partial charge is 0.330 e. The minimum absolute atomic E-state index is 0.120. The average Bonchev–Trinajstić information content (AvgIpc) is 2.82. The highest BCUT2D eigenvalue weighted by Crippen LogP contribution is 2.37. The highest BCUT2D eigenvalue weighted by Gasteiger charge is 2.26. The van der Waals surface area contributed by atoms with Gasteiger partial charge in [0.2, 0.25) is 5.91 Å². The van der Waals surface area contributed by atoms with E-state index in [1.807, 2.05) is 51.1 Å². The van der Waals surface area contributed by atoms with E-state index >= 15 is 0 Å². The molecule has 1 aliphatic rings. The second-order valence-electron chi connectivity index (χ2n) is 8.82. The number of benzene rings is 2. The number of carbonyl (C=O) groups excluding carboxylic acids is 1. The van der Waals surface area contributed by atoms with Crippen LogP contribution in [0.3, 0.4) is 0 Å². The highest BCUT2D eigenvalue weighted by molar-refractivity contribution is 5.78. The zero-order chi connectivity index (χ0) is 25.4. The Kier molecular flexibility index (Phi) is 6.53. The Morgan fingerprint density at radius 3 is 2.26 bits per heavy atom. The van der Waals surface area contributed by atoms with Gasteiger partial charge in [0.25, 0.3) is 0 Å². The van der Waals surface area contributed by atoms with Crippen LogP contribution in [0.5, 0.6) is 11.5 Å². The first-order valence-corrected chi connectivity index (χ1v) is 11.4. The number of fused-ring (bicyclic) bond motifs is 3. The predicted molar refractivity (Wildman–Crippen MR) is 134 cm³/mol. The Hall–Kier alpha value is -3.85. The third-order valence-corrected chi connectivity index (χ3v) is 6.46. The summed E-state index contributed by atoms with van der Waals surface area (Å²) in [6.45, 7) is 6.26. The zero-order valence-corrected chi connectivity index (χ0v) is 20.7. The summed E-state index contributed by atoms with van der Waals surface area (Å²) < 4.78 is 13.9. The van der Waals surface area contributed by atoms with Gasteiger partial charge in [0.1, 0.15) is 11.5 Å². The van der Waals surface area contributed by atoms with E-state index in [2.05, 4.69) is 0 Å². The number of rotatable bonds is 6. The van der Waals surface area contributed by atoms with Crippen molar-refractivity contribution < 1.29 is 14.3 Å². The summed E-state index contributed by atoms with van der Waals surface area (Å²) in [7, 11) is 3.16. The van der Waals surface area contributed by atoms with Crippen molar-refractivity contribution >= 4 is 11.6 Å². The fraction of sp³-hybridized carbons (Fsp3) is 0.346. The lowest BCUT2D eigenvalue weighted by molar-refractivity contribution is -0.121. The van der Waals surface area contributed by atoms with Crippen LogP contribution in [0.15, 0.2) is 40.1 Å². The van der Waals surface area contributed by atoms with Crippen molar-refractivity contribution in [1.29, 1.82) is 0 Å². The zero-order valence-electron chi connectivity index (χ0n) is 20.7. The summed E-state index contributed by atoms with van der Waals surface area (Å²) in [5.41, 5.74) is 17.8. The van der Waals surface area contributed by atoms with Gasteiger partial charge in [0, 0.05) is 24.7 Å². The van der Waals surface area contributed by atoms with Crippen molar-refractivity contribution in [2.75, 3.05) is 20.8 Å². The van der Waals surface area contributed by atoms with Gasteiger partial charge >= 0.3 is 5.69 Å². The fourth-order valence-corrected chi connectivity index (χ4v) is 4.83. The first kappa shape index (κ1) is 24.3. The molecule has 2 heterocycles. The average molecular weight is 478 g/mol. The number of aromatic nitrogens is 2. The van der Waals surface area contributed by atoms with Crippen molar-refractivity contribution in [3.05, 3.63) is 68.6 Å². The van der Waals surface area contributed by atoms with Crippen molar-refractivity contribution in [1.82, 2.24) is 9.13 Å². The second-order valence-corrected chi connectivity index (χ2v) is 8.82. The number of methoxy groups -OCH3 is 2. The molecule has 2 aromatic carbocycles. The Labute approximate surface area is 203 Å². The van der Waals surface area contributed by atoms with E-state index in [1.165, 1.54) is 4.57 Å². The SMILES string of the molecule is COc1cc2c(cc1OC)-c1c/c(=N/c3c(C)cc(C)cc3C)n(C(CN)C(N)=O)c(=O)n1CC2. The monoisotopic (exact) mass is 477 g/mol. The quantitative estimate of drug-likeness (QED) is 0.562. The molecule has 3 aromatic rings. The summed E-state index contributed by atoms with van der Waals surface area (Å²) in [5.74, 6) is 0.497. The van der Waals surface area contributed by atoms with Crippen molar-refractivity contribution in [3.8, 4) is 22.8 Å². The number of amides is 1. The Morgan fingerprint density at radius 1 is 1.06 bits per heavy atom. The van der Waals surface area contributed by atoms with Crippen LogP contribution >= 0.6 is 0 Å². The summed E-state index contributed by atoms with van der Waals surface area (Å²) in [5, 5.41) is 0. The van der Waals surface area contributed by atoms with Crippen LogP contribution in [0.4, 0.5) is 5.69 Å². The number of nitrogens with two attached hydrogens (primary N) is 2. The molecule has 9 heteroatoms. The molecule has 4 N–H and O–H groups in total. The van der Waals surface area contributed by atoms with E-state index in [0.29, 0.717) is 35.6 Å². The molecule has 0 bridgehead atoms. The van der Waals surface area contributed by atoms with Crippen LogP contribution in [-0.4, -0.2) is 35.8 Å². The fourth-order valence-electron chi connectivity index (χ4n) is 4.83. The summed E-state index contributed by atoms with van der Waals surface area (Å²) in [6.07, 6.45) is 0.610. The number of ether oxygens (including phenoxy) is 2. The maximum Gasteiger partial charge on any atom is 0.330 e. The Morgan fingerprint density at radius 2 is 1.69 bits per heavy atom. The second kappa shape index (κ2) is 9.42. The summed E-state index contributed by atoms with van der Waals surface area (Å²) >= 11 is 0. The molecular formula is C26H31N5O4. The first-order chi connectivity index (χ1) is 16.7. The molecule has 0 saturated heterocycles. The van der Waals surface area contributed by atoms with Crippen molar-refractivity contribution in [2.45, 2.75) is 39.8 Å². The van der Waals surface area contributed by atoms with E-state index in [1.54, 1.807) is 18.8 Å². The van der Waals surface area contributed by atoms with Crippen LogP contribution in [0, 0.1) is 20.8 Å². The summed E-state index contributed by atoms with van der Waals surface area (Å²) in [4.78, 5) is 31.0. The molecule has 0 saturated carbocycles. The largest absolute Gasteiger partial charge is 0.493 e. The molecule has 0 fully saturated rings. The number of hydrogen-bond acceptors (Lipinski definition) is 6. The molecule has 0 aliphatic carbocycles. The molecule has 1 aromatic heterocycles. The molecule has 1 unspecified atom stereocenters. The van der Waals surface area contributed by atoms with Gasteiger partial charge in [-0.15, -0.1) is 0 Å². The number of primary amides is 1. The van der Waals surface area contributed by atoms with Crippen molar-refractivity contribution in [2.24, 2.45) is 16.5 Å². The first-order valence-electron chi connectivity index (χ1n) is 11.4. The van der Waals surface area contributed by atoms with Gasteiger partial charge in [-0.05, 0) is 56.0 Å². The maximum atomic E-state index is 13.8. The van der Waals surface area contributed by atoms with Crippen LogP contribution in [-0.2, 0) is 17.8 Å². The van der Waals surface area contributed by atoms with E-state index in [4.69, 9.17) is 25.9 Å². The molecular weight excluding hydrogens is 446 g/mol. The topological polar surface area (TPSA) is 127 Å². The van der Waals surface area contributed by atoms with Crippen LogP contribution in [0.1, 0.15) is 28.3 Å². The molecule has 9 nitrogen and oxygen atoms in total. The molecule has 0 radical (unpaired) electrons. The lowest BCUT2D eigenvalue weighted by atomic mass is 9.96. The van der Waals surface area contributed by atoms with Crippen LogP contribution in [0.2, 0.25) is 0 Å². The number of nitrogens with zero attached hydrogens (tertiary/aromatic N) is 3. The lowest BCUT2D eigenvalue weighted by Crippen LogP contribution is -2.49. The van der Waals surface area contributed by atoms with Gasteiger partial charge in [-0.3, -0.25) is 13.9 Å².